The molecule has 0 saturated heterocycles. The van der Waals surface area contributed by atoms with E-state index in [-0.39, 0.29) is 17.8 Å². The first kappa shape index (κ1) is 11.9. The van der Waals surface area contributed by atoms with Crippen LogP contribution in [0.4, 0.5) is 14.5 Å². The van der Waals surface area contributed by atoms with Crippen molar-refractivity contribution in [3.63, 3.8) is 0 Å². The third kappa shape index (κ3) is 1.82. The molecule has 19 heavy (non-hydrogen) atoms. The largest absolute Gasteiger partial charge is 0.299 e. The van der Waals surface area contributed by atoms with Crippen molar-refractivity contribution < 1.29 is 18.4 Å². The Morgan fingerprint density at radius 3 is 2.74 bits per heavy atom. The van der Waals surface area contributed by atoms with E-state index in [1.807, 2.05) is 0 Å². The summed E-state index contributed by atoms with van der Waals surface area (Å²) in [5.74, 6) is -3.64. The normalized spacial score (nSPS) is 14.1. The molecule has 0 fully saturated rings. The molecule has 0 atom stereocenters. The first-order valence-corrected chi connectivity index (χ1v) is 6.18. The SMILES string of the molecule is O=C1C(=O)N(Cc2cncs2)c2cc(F)cc(F)c21. The van der Waals surface area contributed by atoms with Gasteiger partial charge in [-0.3, -0.25) is 19.5 Å². The summed E-state index contributed by atoms with van der Waals surface area (Å²) in [5.41, 5.74) is 1.18. The molecule has 0 radical (unpaired) electrons. The van der Waals surface area contributed by atoms with Crippen LogP contribution in [-0.2, 0) is 11.3 Å². The molecule has 96 valence electrons. The molecule has 3 rings (SSSR count). The second kappa shape index (κ2) is 4.20. The number of carbonyl (C=O) groups excluding carboxylic acids is 2. The number of hydrogen-bond acceptors (Lipinski definition) is 4. The maximum Gasteiger partial charge on any atom is 0.299 e. The molecule has 0 N–H and O–H groups in total. The van der Waals surface area contributed by atoms with E-state index in [4.69, 9.17) is 0 Å². The average Bonchev–Trinajstić information content (AvgIpc) is 2.93. The number of thiazole rings is 1. The average molecular weight is 280 g/mol. The van der Waals surface area contributed by atoms with Gasteiger partial charge in [0.2, 0.25) is 0 Å². The van der Waals surface area contributed by atoms with Crippen LogP contribution < -0.4 is 4.90 Å². The van der Waals surface area contributed by atoms with Crippen LogP contribution in [0.15, 0.2) is 23.8 Å². The molecule has 2 heterocycles. The highest BCUT2D eigenvalue weighted by Gasteiger charge is 2.38. The highest BCUT2D eigenvalue weighted by molar-refractivity contribution is 7.09. The van der Waals surface area contributed by atoms with Crippen molar-refractivity contribution in [3.8, 4) is 0 Å². The lowest BCUT2D eigenvalue weighted by Crippen LogP contribution is -2.28. The van der Waals surface area contributed by atoms with Crippen LogP contribution in [0.1, 0.15) is 15.2 Å². The van der Waals surface area contributed by atoms with Crippen LogP contribution in [0.25, 0.3) is 0 Å². The van der Waals surface area contributed by atoms with Crippen molar-refractivity contribution in [3.05, 3.63) is 45.9 Å². The Balaban J connectivity index is 2.09. The molecular weight excluding hydrogens is 274 g/mol. The van der Waals surface area contributed by atoms with E-state index < -0.39 is 23.3 Å². The lowest BCUT2D eigenvalue weighted by molar-refractivity contribution is -0.114. The van der Waals surface area contributed by atoms with Gasteiger partial charge >= 0.3 is 0 Å². The number of benzene rings is 1. The van der Waals surface area contributed by atoms with Crippen LogP contribution in [0.2, 0.25) is 0 Å². The second-order valence-corrected chi connectivity index (χ2v) is 4.94. The van der Waals surface area contributed by atoms with E-state index in [2.05, 4.69) is 4.98 Å². The summed E-state index contributed by atoms with van der Waals surface area (Å²) < 4.78 is 26.8. The summed E-state index contributed by atoms with van der Waals surface area (Å²) in [6.45, 7) is 0.0745. The number of nitrogens with zero attached hydrogens (tertiary/aromatic N) is 2. The molecule has 0 saturated carbocycles. The van der Waals surface area contributed by atoms with Crippen LogP contribution in [0.5, 0.6) is 0 Å². The van der Waals surface area contributed by atoms with Crippen molar-refractivity contribution >= 4 is 28.7 Å². The van der Waals surface area contributed by atoms with Gasteiger partial charge < -0.3 is 0 Å². The van der Waals surface area contributed by atoms with E-state index in [1.165, 1.54) is 17.5 Å². The molecule has 1 aromatic heterocycles. The lowest BCUT2D eigenvalue weighted by atomic mass is 10.1. The van der Waals surface area contributed by atoms with Crippen LogP contribution >= 0.6 is 11.3 Å². The lowest BCUT2D eigenvalue weighted by Gasteiger charge is -2.15. The van der Waals surface area contributed by atoms with Gasteiger partial charge in [0.1, 0.15) is 11.6 Å². The maximum atomic E-state index is 13.6. The number of aromatic nitrogens is 1. The molecule has 4 nitrogen and oxygen atoms in total. The third-order valence-corrected chi connectivity index (χ3v) is 3.55. The molecule has 0 aliphatic carbocycles. The highest BCUT2D eigenvalue weighted by atomic mass is 32.1. The van der Waals surface area contributed by atoms with Gasteiger partial charge in [-0.1, -0.05) is 0 Å². The van der Waals surface area contributed by atoms with Crippen molar-refractivity contribution in [1.29, 1.82) is 0 Å². The minimum Gasteiger partial charge on any atom is -0.299 e. The van der Waals surface area contributed by atoms with E-state index in [9.17, 15) is 18.4 Å². The van der Waals surface area contributed by atoms with E-state index in [0.717, 1.165) is 15.8 Å². The van der Waals surface area contributed by atoms with Gasteiger partial charge in [0.25, 0.3) is 11.7 Å². The maximum absolute atomic E-state index is 13.6. The molecule has 1 amide bonds. The zero-order valence-corrected chi connectivity index (χ0v) is 10.2. The summed E-state index contributed by atoms with van der Waals surface area (Å²) in [7, 11) is 0. The molecule has 0 unspecified atom stereocenters. The number of anilines is 1. The summed E-state index contributed by atoms with van der Waals surface area (Å²) in [5, 5.41) is 0. The molecule has 1 aromatic carbocycles. The van der Waals surface area contributed by atoms with E-state index in [0.29, 0.717) is 6.07 Å². The van der Waals surface area contributed by atoms with Gasteiger partial charge in [-0.2, -0.15) is 0 Å². The molecule has 0 spiro atoms. The van der Waals surface area contributed by atoms with Crippen molar-refractivity contribution in [2.75, 3.05) is 4.90 Å². The van der Waals surface area contributed by atoms with Crippen molar-refractivity contribution in [1.82, 2.24) is 4.98 Å². The Kier molecular flexibility index (Phi) is 2.63. The van der Waals surface area contributed by atoms with Gasteiger partial charge in [-0.15, -0.1) is 11.3 Å². The number of rotatable bonds is 2. The standard InChI is InChI=1S/C12H6F2N2O2S/c13-6-1-8(14)10-9(2-6)16(12(18)11(10)17)4-7-3-15-5-19-7/h1-3,5H,4H2. The highest BCUT2D eigenvalue weighted by Crippen LogP contribution is 2.33. The molecule has 7 heteroatoms. The number of Topliss-reactive ketones (excluding diaryl/α,β-unsaturated/α-hetero) is 1. The number of hydrogen-bond donors (Lipinski definition) is 0. The minimum atomic E-state index is -1.01. The third-order valence-electron chi connectivity index (χ3n) is 2.79. The number of fused-ring (bicyclic) bond motifs is 1. The Hall–Kier alpha value is -2.15. The Morgan fingerprint density at radius 2 is 2.05 bits per heavy atom. The second-order valence-electron chi connectivity index (χ2n) is 3.97. The van der Waals surface area contributed by atoms with Crippen molar-refractivity contribution in [2.24, 2.45) is 0 Å². The van der Waals surface area contributed by atoms with Crippen LogP contribution in [-0.4, -0.2) is 16.7 Å². The molecule has 0 bridgehead atoms. The van der Waals surface area contributed by atoms with Gasteiger partial charge in [0.05, 0.1) is 23.3 Å². The van der Waals surface area contributed by atoms with Gasteiger partial charge in [-0.25, -0.2) is 8.78 Å². The smallest absolute Gasteiger partial charge is 0.299 e. The summed E-state index contributed by atoms with van der Waals surface area (Å²) >= 11 is 1.29. The number of ketones is 1. The van der Waals surface area contributed by atoms with E-state index in [1.54, 1.807) is 5.51 Å². The number of amides is 1. The van der Waals surface area contributed by atoms with Crippen LogP contribution in [0.3, 0.4) is 0 Å². The summed E-state index contributed by atoms with van der Waals surface area (Å²) in [6, 6.07) is 1.59. The van der Waals surface area contributed by atoms with Gasteiger partial charge in [0, 0.05) is 17.1 Å². The first-order valence-electron chi connectivity index (χ1n) is 5.30. The fourth-order valence-corrected chi connectivity index (χ4v) is 2.55. The fraction of sp³-hybridized carbons (Fsp3) is 0.0833. The number of halogens is 2. The quantitative estimate of drug-likeness (QED) is 0.792. The van der Waals surface area contributed by atoms with Crippen molar-refractivity contribution in [2.45, 2.75) is 6.54 Å². The van der Waals surface area contributed by atoms with E-state index >= 15 is 0 Å². The minimum absolute atomic E-state index is 0.0269. The summed E-state index contributed by atoms with van der Waals surface area (Å²) in [6.07, 6.45) is 1.54. The molecule has 2 aromatic rings. The Labute approximate surface area is 110 Å². The summed E-state index contributed by atoms with van der Waals surface area (Å²) in [4.78, 5) is 29.2. The monoisotopic (exact) mass is 280 g/mol. The zero-order valence-electron chi connectivity index (χ0n) is 9.39. The fourth-order valence-electron chi connectivity index (χ4n) is 1.97. The predicted octanol–water partition coefficient (Wildman–Crippen LogP) is 2.15. The van der Waals surface area contributed by atoms with Gasteiger partial charge in [0.15, 0.2) is 0 Å². The predicted molar refractivity (Wildman–Crippen MR) is 64.0 cm³/mol. The first-order chi connectivity index (χ1) is 9.08. The zero-order chi connectivity index (χ0) is 13.6. The number of carbonyl (C=O) groups is 2. The molecule has 1 aliphatic heterocycles. The molecular formula is C12H6F2N2O2S. The Bertz CT molecular complexity index is 685. The Morgan fingerprint density at radius 1 is 1.26 bits per heavy atom. The van der Waals surface area contributed by atoms with Crippen LogP contribution in [0, 0.1) is 11.6 Å². The topological polar surface area (TPSA) is 50.3 Å². The van der Waals surface area contributed by atoms with Gasteiger partial charge in [-0.05, 0) is 6.07 Å². The molecule has 1 aliphatic rings.